The lowest BCUT2D eigenvalue weighted by molar-refractivity contribution is 0.280. The van der Waals surface area contributed by atoms with Crippen LogP contribution in [0.25, 0.3) is 54.9 Å². The molecule has 0 heterocycles. The van der Waals surface area contributed by atoms with E-state index < -0.39 is 15.6 Å². The molecule has 0 aromatic heterocycles. The molecule has 0 saturated carbocycles. The molecule has 60 heavy (non-hydrogen) atoms. The first-order valence-electron chi connectivity index (χ1n) is 21.0. The van der Waals surface area contributed by atoms with Gasteiger partial charge < -0.3 is 9.05 Å². The van der Waals surface area contributed by atoms with E-state index in [1.165, 1.54) is 0 Å². The molecule has 0 amide bonds. The fourth-order valence-corrected chi connectivity index (χ4v) is 9.34. The highest BCUT2D eigenvalue weighted by molar-refractivity contribution is 7.47. The van der Waals surface area contributed by atoms with E-state index in [-0.39, 0.29) is 58.1 Å². The van der Waals surface area contributed by atoms with Crippen LogP contribution in [0, 0.1) is 0 Å². The highest BCUT2D eigenvalue weighted by atomic mass is 31.2. The van der Waals surface area contributed by atoms with Gasteiger partial charge in [0.2, 0.25) is 0 Å². The number of phosphoric ester groups is 2. The van der Waals surface area contributed by atoms with Crippen molar-refractivity contribution in [2.45, 2.75) is 119 Å². The molecule has 318 valence electrons. The van der Waals surface area contributed by atoms with E-state index in [1.54, 1.807) is 0 Å². The van der Waals surface area contributed by atoms with E-state index >= 15 is 0 Å². The van der Waals surface area contributed by atoms with Gasteiger partial charge in [-0.1, -0.05) is 156 Å². The van der Waals surface area contributed by atoms with Crippen molar-refractivity contribution in [2.24, 2.45) is 0 Å². The molecule has 8 nitrogen and oxygen atoms in total. The molecule has 6 aromatic rings. The minimum Gasteiger partial charge on any atom is -0.403 e. The monoisotopic (exact) mass is 850 g/mol. The third-order valence-electron chi connectivity index (χ3n) is 11.5. The first-order chi connectivity index (χ1) is 28.0. The Hall–Kier alpha value is -4.26. The molecule has 0 aliphatic rings. The first-order valence-corrected chi connectivity index (χ1v) is 24.0. The lowest BCUT2D eigenvalue weighted by Crippen LogP contribution is -2.07. The third-order valence-corrected chi connectivity index (χ3v) is 12.3. The van der Waals surface area contributed by atoms with Gasteiger partial charge in [-0.05, 0) is 114 Å². The second-order valence-electron chi connectivity index (χ2n) is 17.9. The molecule has 10 heteroatoms. The molecule has 0 radical (unpaired) electrons. The van der Waals surface area contributed by atoms with Crippen molar-refractivity contribution in [1.29, 1.82) is 0 Å². The van der Waals surface area contributed by atoms with Gasteiger partial charge in [-0.25, -0.2) is 9.13 Å². The molecule has 0 fully saturated rings. The minimum atomic E-state index is -5.30. The lowest BCUT2D eigenvalue weighted by Gasteiger charge is -2.29. The number of phosphoric acid groups is 2. The van der Waals surface area contributed by atoms with Crippen molar-refractivity contribution >= 4 is 37.2 Å². The summed E-state index contributed by atoms with van der Waals surface area (Å²) in [5.41, 5.74) is 9.25. The predicted octanol–water partition coefficient (Wildman–Crippen LogP) is 14.7. The zero-order valence-corrected chi connectivity index (χ0v) is 38.7. The Labute approximate surface area is 355 Å². The standard InChI is InChI=1S/C50H60O8P2/c1-27(2)35-23-39(29(5)6)45(40(24-35)30(7)8)43-21-33-17-13-15-19-37(33)47(49(43)57-59(51,52)53)48-38-20-16-14-18-34(38)22-44(50(48)58-60(54,55)56)46-41(31(9)10)25-36(28(3)4)26-42(46)32(11)12/h13-32H,1-12H3,(H2,51,52,53)(H2,54,55,56). The van der Waals surface area contributed by atoms with Crippen LogP contribution >= 0.6 is 15.6 Å². The Morgan fingerprint density at radius 2 is 0.683 bits per heavy atom. The maximum Gasteiger partial charge on any atom is 0.524 e. The average molecular weight is 851 g/mol. The molecule has 6 aromatic carbocycles. The quantitative estimate of drug-likeness (QED) is 0.0844. The van der Waals surface area contributed by atoms with Crippen LogP contribution in [-0.2, 0) is 9.13 Å². The van der Waals surface area contributed by atoms with Gasteiger partial charge in [-0.15, -0.1) is 0 Å². The number of hydrogen-bond donors (Lipinski definition) is 4. The van der Waals surface area contributed by atoms with Gasteiger partial charge in [-0.3, -0.25) is 19.6 Å². The summed E-state index contributed by atoms with van der Waals surface area (Å²) < 4.78 is 38.8. The smallest absolute Gasteiger partial charge is 0.403 e. The topological polar surface area (TPSA) is 134 Å². The highest BCUT2D eigenvalue weighted by Crippen LogP contribution is 2.59. The van der Waals surface area contributed by atoms with Crippen LogP contribution in [0.15, 0.2) is 84.9 Å². The number of rotatable bonds is 13. The van der Waals surface area contributed by atoms with Crippen LogP contribution in [0.5, 0.6) is 11.5 Å². The van der Waals surface area contributed by atoms with Gasteiger partial charge >= 0.3 is 15.6 Å². The Morgan fingerprint density at radius 3 is 0.933 bits per heavy atom. The van der Waals surface area contributed by atoms with E-state index in [0.29, 0.717) is 21.9 Å². The van der Waals surface area contributed by atoms with Crippen LogP contribution in [0.3, 0.4) is 0 Å². The van der Waals surface area contributed by atoms with Crippen molar-refractivity contribution in [2.75, 3.05) is 0 Å². The van der Waals surface area contributed by atoms with E-state index in [9.17, 15) is 28.7 Å². The summed E-state index contributed by atoms with van der Waals surface area (Å²) in [7, 11) is -10.6. The number of fused-ring (bicyclic) bond motifs is 2. The second kappa shape index (κ2) is 17.2. The molecule has 0 atom stereocenters. The van der Waals surface area contributed by atoms with Crippen molar-refractivity contribution < 1.29 is 37.8 Å². The van der Waals surface area contributed by atoms with Crippen LogP contribution in [-0.4, -0.2) is 19.6 Å². The molecule has 0 bridgehead atoms. The van der Waals surface area contributed by atoms with Crippen molar-refractivity contribution in [1.82, 2.24) is 0 Å². The van der Waals surface area contributed by atoms with Gasteiger partial charge in [0.15, 0.2) is 0 Å². The molecule has 0 spiro atoms. The van der Waals surface area contributed by atoms with E-state index in [4.69, 9.17) is 9.05 Å². The Bertz CT molecular complexity index is 2440. The van der Waals surface area contributed by atoms with Gasteiger partial charge in [0.05, 0.1) is 0 Å². The molecule has 4 N–H and O–H groups in total. The summed E-state index contributed by atoms with van der Waals surface area (Å²) in [6.45, 7) is 25.4. The summed E-state index contributed by atoms with van der Waals surface area (Å²) in [6.07, 6.45) is 0. The number of hydrogen-bond acceptors (Lipinski definition) is 4. The Balaban J connectivity index is 1.97. The van der Waals surface area contributed by atoms with E-state index in [1.807, 2.05) is 60.7 Å². The van der Waals surface area contributed by atoms with Gasteiger partial charge in [0, 0.05) is 22.3 Å². The molecule has 0 aliphatic heterocycles. The normalized spacial score (nSPS) is 12.7. The molecule has 0 saturated heterocycles. The highest BCUT2D eigenvalue weighted by Gasteiger charge is 2.34. The Morgan fingerprint density at radius 1 is 0.400 bits per heavy atom. The summed E-state index contributed by atoms with van der Waals surface area (Å²) in [5, 5.41) is 2.59. The zero-order chi connectivity index (χ0) is 44.2. The zero-order valence-electron chi connectivity index (χ0n) is 36.9. The number of benzene rings is 6. The summed E-state index contributed by atoms with van der Waals surface area (Å²) in [6, 6.07) is 27.5. The Kier molecular flexibility index (Phi) is 13.0. The van der Waals surface area contributed by atoms with E-state index in [2.05, 4.69) is 107 Å². The van der Waals surface area contributed by atoms with Crippen LogP contribution in [0.4, 0.5) is 0 Å². The molecular weight excluding hydrogens is 790 g/mol. The summed E-state index contributed by atoms with van der Waals surface area (Å²) in [4.78, 5) is 43.4. The van der Waals surface area contributed by atoms with Crippen LogP contribution < -0.4 is 9.05 Å². The summed E-state index contributed by atoms with van der Waals surface area (Å²) in [5.74, 6) is 0.237. The third kappa shape index (κ3) is 9.16. The molecule has 6 rings (SSSR count). The maximum absolute atomic E-state index is 13.4. The summed E-state index contributed by atoms with van der Waals surface area (Å²) >= 11 is 0. The maximum atomic E-state index is 13.4. The fraction of sp³-hybridized carbons (Fsp3) is 0.360. The SMILES string of the molecule is CC(C)c1cc(C(C)C)c(-c2cc3ccccc3c(-c3c(OP(=O)(O)O)c(-c4c(C(C)C)cc(C(C)C)cc4C(C)C)cc4ccccc34)c2OP(=O)(O)O)c(C(C)C)c1. The molecule has 0 unspecified atom stereocenters. The molecule has 0 aliphatic carbocycles. The first kappa shape index (κ1) is 45.3. The van der Waals surface area contributed by atoms with Crippen LogP contribution in [0.2, 0.25) is 0 Å². The van der Waals surface area contributed by atoms with Gasteiger partial charge in [0.1, 0.15) is 11.5 Å². The van der Waals surface area contributed by atoms with Crippen molar-refractivity contribution in [3.05, 3.63) is 118 Å². The molecular formula is C50H60O8P2. The second-order valence-corrected chi connectivity index (χ2v) is 20.3. The van der Waals surface area contributed by atoms with Gasteiger partial charge in [-0.2, -0.15) is 0 Å². The fourth-order valence-electron chi connectivity index (χ4n) is 8.49. The van der Waals surface area contributed by atoms with Gasteiger partial charge in [0.25, 0.3) is 0 Å². The largest absolute Gasteiger partial charge is 0.524 e. The van der Waals surface area contributed by atoms with E-state index in [0.717, 1.165) is 55.3 Å². The van der Waals surface area contributed by atoms with Crippen molar-refractivity contribution in [3.8, 4) is 44.9 Å². The minimum absolute atomic E-state index is 0.00413. The lowest BCUT2D eigenvalue weighted by atomic mass is 9.78. The average Bonchev–Trinajstić information content (AvgIpc) is 3.15. The van der Waals surface area contributed by atoms with Crippen molar-refractivity contribution in [3.63, 3.8) is 0 Å². The predicted molar refractivity (Wildman–Crippen MR) is 248 cm³/mol. The van der Waals surface area contributed by atoms with Crippen LogP contribution in [0.1, 0.15) is 152 Å².